The lowest BCUT2D eigenvalue weighted by Gasteiger charge is -2.16. The molecule has 0 aliphatic heterocycles. The minimum absolute atomic E-state index is 0.0364. The van der Waals surface area contributed by atoms with Crippen molar-refractivity contribution in [3.8, 4) is 5.75 Å². The third-order valence-corrected chi connectivity index (χ3v) is 2.29. The maximum atomic E-state index is 12.7. The summed E-state index contributed by atoms with van der Waals surface area (Å²) in [7, 11) is 0. The molecular weight excluding hydrogens is 249 g/mol. The van der Waals surface area contributed by atoms with Crippen LogP contribution in [0.2, 0.25) is 0 Å². The summed E-state index contributed by atoms with van der Waals surface area (Å²) >= 11 is 0. The van der Waals surface area contributed by atoms with Gasteiger partial charge < -0.3 is 4.74 Å². The topological polar surface area (TPSA) is 43.4 Å². The van der Waals surface area contributed by atoms with Crippen molar-refractivity contribution in [3.05, 3.63) is 28.8 Å². The van der Waals surface area contributed by atoms with Crippen LogP contribution in [0.15, 0.2) is 12.1 Å². The number of halogens is 3. The molecule has 98 valence electrons. The fraction of sp³-hybridized carbons (Fsp3) is 0.333. The number of hydrogen-bond acceptors (Lipinski definition) is 3. The molecule has 0 aromatic heterocycles. The van der Waals surface area contributed by atoms with Gasteiger partial charge in [0.15, 0.2) is 12.1 Å². The number of Topliss-reactive ketones (excluding diaryl/α,β-unsaturated/α-hetero) is 1. The molecule has 0 fully saturated rings. The van der Waals surface area contributed by atoms with Gasteiger partial charge in [0.1, 0.15) is 5.75 Å². The van der Waals surface area contributed by atoms with Crippen LogP contribution in [0, 0.1) is 0 Å². The maximum absolute atomic E-state index is 12.7. The molecule has 0 amide bonds. The lowest BCUT2D eigenvalue weighted by Crippen LogP contribution is -2.13. The molecule has 0 N–H and O–H groups in total. The molecule has 0 saturated heterocycles. The fourth-order valence-corrected chi connectivity index (χ4v) is 1.55. The highest BCUT2D eigenvalue weighted by atomic mass is 19.4. The van der Waals surface area contributed by atoms with Crippen molar-refractivity contribution in [3.63, 3.8) is 0 Å². The van der Waals surface area contributed by atoms with E-state index in [0.717, 1.165) is 12.1 Å². The SMILES string of the molecule is CCOc1c(C(F)(F)F)ccc(C(C)=O)c1C=O. The van der Waals surface area contributed by atoms with Crippen molar-refractivity contribution in [2.24, 2.45) is 0 Å². The van der Waals surface area contributed by atoms with Crippen molar-refractivity contribution < 1.29 is 27.5 Å². The standard InChI is InChI=1S/C12H11F3O3/c1-3-18-11-9(6-16)8(7(2)17)4-5-10(11)12(13,14)15/h4-6H,3H2,1-2H3. The van der Waals surface area contributed by atoms with Crippen molar-refractivity contribution in [1.29, 1.82) is 0 Å². The van der Waals surface area contributed by atoms with E-state index in [9.17, 15) is 22.8 Å². The van der Waals surface area contributed by atoms with E-state index in [-0.39, 0.29) is 24.0 Å². The Hall–Kier alpha value is -1.85. The Kier molecular flexibility index (Phi) is 4.11. The van der Waals surface area contributed by atoms with Crippen LogP contribution in [0.5, 0.6) is 5.75 Å². The first-order valence-electron chi connectivity index (χ1n) is 5.16. The van der Waals surface area contributed by atoms with Gasteiger partial charge in [0.2, 0.25) is 0 Å². The van der Waals surface area contributed by atoms with Gasteiger partial charge in [-0.3, -0.25) is 9.59 Å². The highest BCUT2D eigenvalue weighted by Crippen LogP contribution is 2.39. The number of ether oxygens (including phenoxy) is 1. The Morgan fingerprint density at radius 2 is 2.00 bits per heavy atom. The number of aldehydes is 1. The number of rotatable bonds is 4. The lowest BCUT2D eigenvalue weighted by molar-refractivity contribution is -0.138. The fourth-order valence-electron chi connectivity index (χ4n) is 1.55. The largest absolute Gasteiger partial charge is 0.492 e. The summed E-state index contributed by atoms with van der Waals surface area (Å²) in [5.74, 6) is -1.08. The molecule has 1 aromatic carbocycles. The average Bonchev–Trinajstić information content (AvgIpc) is 2.27. The molecule has 6 heteroatoms. The van der Waals surface area contributed by atoms with Crippen LogP contribution >= 0.6 is 0 Å². The quantitative estimate of drug-likeness (QED) is 0.617. The third kappa shape index (κ3) is 2.69. The number of carbonyl (C=O) groups excluding carboxylic acids is 2. The summed E-state index contributed by atoms with van der Waals surface area (Å²) in [5, 5.41) is 0. The molecule has 0 spiro atoms. The van der Waals surface area contributed by atoms with Crippen LogP contribution in [-0.4, -0.2) is 18.7 Å². The summed E-state index contributed by atoms with van der Waals surface area (Å²) < 4.78 is 43.1. The minimum atomic E-state index is -4.64. The van der Waals surface area contributed by atoms with Crippen molar-refractivity contribution in [1.82, 2.24) is 0 Å². The molecule has 3 nitrogen and oxygen atoms in total. The summed E-state index contributed by atoms with van der Waals surface area (Å²) in [6, 6.07) is 1.73. The Morgan fingerprint density at radius 1 is 1.39 bits per heavy atom. The van der Waals surface area contributed by atoms with Crippen molar-refractivity contribution >= 4 is 12.1 Å². The average molecular weight is 260 g/mol. The van der Waals surface area contributed by atoms with Gasteiger partial charge in [0.25, 0.3) is 0 Å². The van der Waals surface area contributed by atoms with Crippen LogP contribution in [0.1, 0.15) is 40.1 Å². The molecule has 0 bridgehead atoms. The zero-order valence-electron chi connectivity index (χ0n) is 9.80. The molecule has 0 atom stereocenters. The second-order valence-corrected chi connectivity index (χ2v) is 3.51. The Morgan fingerprint density at radius 3 is 2.39 bits per heavy atom. The highest BCUT2D eigenvalue weighted by Gasteiger charge is 2.36. The van der Waals surface area contributed by atoms with Crippen LogP contribution in [-0.2, 0) is 6.18 Å². The summed E-state index contributed by atoms with van der Waals surface area (Å²) in [4.78, 5) is 22.2. The Labute approximate surface area is 102 Å². The van der Waals surface area contributed by atoms with E-state index in [1.165, 1.54) is 13.8 Å². The Bertz CT molecular complexity index is 478. The van der Waals surface area contributed by atoms with Gasteiger partial charge >= 0.3 is 6.18 Å². The molecule has 0 aliphatic rings. The first kappa shape index (κ1) is 14.2. The van der Waals surface area contributed by atoms with Gasteiger partial charge in [-0.15, -0.1) is 0 Å². The molecule has 1 aromatic rings. The zero-order valence-corrected chi connectivity index (χ0v) is 9.80. The third-order valence-electron chi connectivity index (χ3n) is 2.29. The molecular formula is C12H11F3O3. The smallest absolute Gasteiger partial charge is 0.419 e. The van der Waals surface area contributed by atoms with Crippen LogP contribution in [0.4, 0.5) is 13.2 Å². The zero-order chi connectivity index (χ0) is 13.9. The van der Waals surface area contributed by atoms with E-state index in [0.29, 0.717) is 0 Å². The van der Waals surface area contributed by atoms with Gasteiger partial charge in [-0.1, -0.05) is 0 Å². The number of ketones is 1. The molecule has 18 heavy (non-hydrogen) atoms. The van der Waals surface area contributed by atoms with Crippen LogP contribution < -0.4 is 4.74 Å². The Balaban J connectivity index is 3.58. The van der Waals surface area contributed by atoms with E-state index in [1.54, 1.807) is 0 Å². The molecule has 0 radical (unpaired) electrons. The number of hydrogen-bond donors (Lipinski definition) is 0. The monoisotopic (exact) mass is 260 g/mol. The first-order valence-corrected chi connectivity index (χ1v) is 5.16. The van der Waals surface area contributed by atoms with Gasteiger partial charge in [0.05, 0.1) is 17.7 Å². The lowest BCUT2D eigenvalue weighted by atomic mass is 10.00. The van der Waals surface area contributed by atoms with Crippen molar-refractivity contribution in [2.75, 3.05) is 6.61 Å². The van der Waals surface area contributed by atoms with Crippen LogP contribution in [0.25, 0.3) is 0 Å². The van der Waals surface area contributed by atoms with Gasteiger partial charge in [-0.25, -0.2) is 0 Å². The normalized spacial score (nSPS) is 11.2. The molecule has 0 saturated carbocycles. The summed E-state index contributed by atoms with van der Waals surface area (Å²) in [5.41, 5.74) is -1.50. The predicted octanol–water partition coefficient (Wildman–Crippen LogP) is 3.12. The van der Waals surface area contributed by atoms with Crippen LogP contribution in [0.3, 0.4) is 0 Å². The predicted molar refractivity (Wildman–Crippen MR) is 58.0 cm³/mol. The molecule has 0 heterocycles. The number of alkyl halides is 3. The first-order chi connectivity index (χ1) is 8.32. The van der Waals surface area contributed by atoms with E-state index >= 15 is 0 Å². The molecule has 0 aliphatic carbocycles. The maximum Gasteiger partial charge on any atom is 0.419 e. The summed E-state index contributed by atoms with van der Waals surface area (Å²) in [6.07, 6.45) is -4.44. The van der Waals surface area contributed by atoms with Gasteiger partial charge in [0, 0.05) is 5.56 Å². The second-order valence-electron chi connectivity index (χ2n) is 3.51. The van der Waals surface area contributed by atoms with Crippen molar-refractivity contribution in [2.45, 2.75) is 20.0 Å². The molecule has 1 rings (SSSR count). The number of carbonyl (C=O) groups is 2. The van der Waals surface area contributed by atoms with Gasteiger partial charge in [-0.05, 0) is 26.0 Å². The second kappa shape index (κ2) is 5.20. The number of benzene rings is 1. The van der Waals surface area contributed by atoms with Gasteiger partial charge in [-0.2, -0.15) is 13.2 Å². The van der Waals surface area contributed by atoms with E-state index in [1.807, 2.05) is 0 Å². The van der Waals surface area contributed by atoms with E-state index in [4.69, 9.17) is 4.74 Å². The molecule has 0 unspecified atom stereocenters. The summed E-state index contributed by atoms with van der Waals surface area (Å²) in [6.45, 7) is 2.63. The highest BCUT2D eigenvalue weighted by molar-refractivity contribution is 6.03. The minimum Gasteiger partial charge on any atom is -0.492 e. The van der Waals surface area contributed by atoms with E-state index in [2.05, 4.69) is 0 Å². The van der Waals surface area contributed by atoms with E-state index < -0.39 is 23.3 Å².